The van der Waals surface area contributed by atoms with Gasteiger partial charge < -0.3 is 20.4 Å². The summed E-state index contributed by atoms with van der Waals surface area (Å²) in [5.74, 6) is 0.582. The lowest BCUT2D eigenvalue weighted by atomic mass is 9.98. The number of aromatic nitrogens is 2. The summed E-state index contributed by atoms with van der Waals surface area (Å²) in [5, 5.41) is 6.24. The number of imidazole rings is 1. The van der Waals surface area contributed by atoms with Crippen LogP contribution in [0.5, 0.6) is 0 Å². The molecular weight excluding hydrogens is 488 g/mol. The Kier molecular flexibility index (Phi) is 7.32. The number of fused-ring (bicyclic) bond motifs is 1. The molecule has 0 aliphatic carbocycles. The SMILES string of the molecule is CSC(C)(C)[C@@H](NC(=O)Nc1ccc(Cl)cc1)C(=O)N1CCC(N2Cc3cnc(C)n3C2=O)CC1. The lowest BCUT2D eigenvalue weighted by Gasteiger charge is -2.40. The Hall–Kier alpha value is -2.72. The fraction of sp³-hybridized carbons (Fsp3) is 0.500. The number of thioether (sulfide) groups is 1. The largest absolute Gasteiger partial charge is 0.341 e. The molecular formula is C24H31ClN6O3S. The van der Waals surface area contributed by atoms with Gasteiger partial charge in [0.25, 0.3) is 0 Å². The topological polar surface area (TPSA) is 99.6 Å². The maximum Gasteiger partial charge on any atom is 0.330 e. The van der Waals surface area contributed by atoms with Crippen molar-refractivity contribution in [3.05, 3.63) is 47.0 Å². The molecule has 11 heteroatoms. The number of anilines is 1. The zero-order chi connectivity index (χ0) is 25.3. The first kappa shape index (κ1) is 25.4. The molecule has 4 amide bonds. The Morgan fingerprint density at radius 2 is 1.86 bits per heavy atom. The second-order valence-corrected chi connectivity index (χ2v) is 11.3. The number of carbonyl (C=O) groups excluding carboxylic acids is 3. The molecule has 1 fully saturated rings. The van der Waals surface area contributed by atoms with Gasteiger partial charge in [-0.2, -0.15) is 11.8 Å². The fourth-order valence-corrected chi connectivity index (χ4v) is 5.10. The van der Waals surface area contributed by atoms with Crippen LogP contribution in [-0.2, 0) is 11.3 Å². The maximum atomic E-state index is 13.6. The average Bonchev–Trinajstić information content (AvgIpc) is 3.38. The first-order valence-electron chi connectivity index (χ1n) is 11.6. The highest BCUT2D eigenvalue weighted by Crippen LogP contribution is 2.30. The van der Waals surface area contributed by atoms with Crippen LogP contribution in [0.1, 0.15) is 38.2 Å². The molecule has 2 N–H and O–H groups in total. The third-order valence-corrected chi connectivity index (χ3v) is 8.38. The Labute approximate surface area is 214 Å². The van der Waals surface area contributed by atoms with Gasteiger partial charge in [0.2, 0.25) is 5.91 Å². The van der Waals surface area contributed by atoms with Gasteiger partial charge in [-0.1, -0.05) is 11.6 Å². The van der Waals surface area contributed by atoms with Crippen LogP contribution in [0.2, 0.25) is 5.02 Å². The molecule has 0 saturated carbocycles. The molecule has 1 saturated heterocycles. The number of nitrogens with one attached hydrogen (secondary N) is 2. The van der Waals surface area contributed by atoms with E-state index >= 15 is 0 Å². The van der Waals surface area contributed by atoms with Crippen molar-refractivity contribution in [3.63, 3.8) is 0 Å². The predicted octanol–water partition coefficient (Wildman–Crippen LogP) is 3.95. The molecule has 1 atom stereocenters. The number of carbonyl (C=O) groups is 3. The van der Waals surface area contributed by atoms with Gasteiger partial charge in [-0.3, -0.25) is 9.36 Å². The predicted molar refractivity (Wildman–Crippen MR) is 138 cm³/mol. The van der Waals surface area contributed by atoms with Crippen molar-refractivity contribution in [2.45, 2.75) is 57.0 Å². The van der Waals surface area contributed by atoms with E-state index in [1.807, 2.05) is 31.9 Å². The number of hydrogen-bond donors (Lipinski definition) is 2. The first-order chi connectivity index (χ1) is 16.6. The zero-order valence-electron chi connectivity index (χ0n) is 20.4. The van der Waals surface area contributed by atoms with Crippen LogP contribution in [0, 0.1) is 6.92 Å². The fourth-order valence-electron chi connectivity index (χ4n) is 4.58. The number of urea groups is 1. The number of benzene rings is 1. The molecule has 2 aromatic rings. The van der Waals surface area contributed by atoms with Gasteiger partial charge in [-0.25, -0.2) is 14.6 Å². The second-order valence-electron chi connectivity index (χ2n) is 9.45. The Morgan fingerprint density at radius 1 is 1.20 bits per heavy atom. The Morgan fingerprint density at radius 3 is 2.46 bits per heavy atom. The van der Waals surface area contributed by atoms with Crippen molar-refractivity contribution in [2.24, 2.45) is 0 Å². The van der Waals surface area contributed by atoms with E-state index in [0.717, 1.165) is 5.69 Å². The standard InChI is InChI=1S/C24H31ClN6O3S/c1-15-26-13-19-14-30(23(34)31(15)19)18-9-11-29(12-10-18)21(32)20(24(2,3)35-4)28-22(33)27-17-7-5-16(25)6-8-17/h5-8,13,18,20H,9-12,14H2,1-4H3,(H2,27,28,33)/t20-/m0/s1. The quantitative estimate of drug-likeness (QED) is 0.603. The van der Waals surface area contributed by atoms with Crippen molar-refractivity contribution in [1.29, 1.82) is 0 Å². The van der Waals surface area contributed by atoms with E-state index in [9.17, 15) is 14.4 Å². The van der Waals surface area contributed by atoms with Gasteiger partial charge >= 0.3 is 12.1 Å². The summed E-state index contributed by atoms with van der Waals surface area (Å²) in [5.41, 5.74) is 1.50. The van der Waals surface area contributed by atoms with E-state index in [0.29, 0.717) is 49.0 Å². The molecule has 0 unspecified atom stereocenters. The lowest BCUT2D eigenvalue weighted by molar-refractivity contribution is -0.135. The third-order valence-electron chi connectivity index (χ3n) is 6.84. The van der Waals surface area contributed by atoms with Crippen molar-refractivity contribution in [1.82, 2.24) is 24.7 Å². The lowest BCUT2D eigenvalue weighted by Crippen LogP contribution is -2.59. The van der Waals surface area contributed by atoms with E-state index in [1.54, 1.807) is 39.9 Å². The number of likely N-dealkylation sites (tertiary alicyclic amines) is 1. The van der Waals surface area contributed by atoms with E-state index in [1.165, 1.54) is 11.8 Å². The van der Waals surface area contributed by atoms with Crippen LogP contribution < -0.4 is 10.6 Å². The Bertz CT molecular complexity index is 1110. The summed E-state index contributed by atoms with van der Waals surface area (Å²) in [6.07, 6.45) is 5.06. The van der Waals surface area contributed by atoms with Crippen LogP contribution in [0.25, 0.3) is 0 Å². The molecule has 35 heavy (non-hydrogen) atoms. The minimum Gasteiger partial charge on any atom is -0.341 e. The molecule has 0 spiro atoms. The summed E-state index contributed by atoms with van der Waals surface area (Å²) in [6, 6.07) is 5.65. The summed E-state index contributed by atoms with van der Waals surface area (Å²) in [7, 11) is 0. The normalized spacial score (nSPS) is 17.3. The number of hydrogen-bond acceptors (Lipinski definition) is 5. The van der Waals surface area contributed by atoms with Gasteiger partial charge in [0.1, 0.15) is 11.9 Å². The van der Waals surface area contributed by atoms with Crippen LogP contribution >= 0.6 is 23.4 Å². The number of halogens is 1. The summed E-state index contributed by atoms with van der Waals surface area (Å²) in [4.78, 5) is 47.1. The van der Waals surface area contributed by atoms with Crippen molar-refractivity contribution in [3.8, 4) is 0 Å². The minimum absolute atomic E-state index is 0.0401. The molecule has 2 aliphatic rings. The molecule has 1 aromatic heterocycles. The van der Waals surface area contributed by atoms with Gasteiger partial charge in [0.05, 0.1) is 18.4 Å². The van der Waals surface area contributed by atoms with Crippen LogP contribution in [-0.4, -0.2) is 73.5 Å². The van der Waals surface area contributed by atoms with E-state index in [4.69, 9.17) is 11.6 Å². The summed E-state index contributed by atoms with van der Waals surface area (Å²) < 4.78 is 1.14. The third kappa shape index (κ3) is 5.28. The van der Waals surface area contributed by atoms with Crippen LogP contribution in [0.15, 0.2) is 30.5 Å². The summed E-state index contributed by atoms with van der Waals surface area (Å²) >= 11 is 7.44. The minimum atomic E-state index is -0.718. The van der Waals surface area contributed by atoms with Crippen LogP contribution in [0.4, 0.5) is 15.3 Å². The molecule has 0 bridgehead atoms. The van der Waals surface area contributed by atoms with Crippen molar-refractivity contribution >= 4 is 47.0 Å². The smallest absolute Gasteiger partial charge is 0.330 e. The number of aryl methyl sites for hydroxylation is 1. The molecule has 1 aromatic carbocycles. The zero-order valence-corrected chi connectivity index (χ0v) is 21.9. The molecule has 3 heterocycles. The number of nitrogens with zero attached hydrogens (tertiary/aromatic N) is 4. The van der Waals surface area contributed by atoms with Crippen molar-refractivity contribution in [2.75, 3.05) is 24.7 Å². The molecule has 0 radical (unpaired) electrons. The highest BCUT2D eigenvalue weighted by molar-refractivity contribution is 8.00. The van der Waals surface area contributed by atoms with Gasteiger partial charge in [0, 0.05) is 34.6 Å². The second kappa shape index (κ2) is 10.1. The highest BCUT2D eigenvalue weighted by Gasteiger charge is 2.41. The van der Waals surface area contributed by atoms with E-state index in [-0.39, 0.29) is 18.0 Å². The molecule has 9 nitrogen and oxygen atoms in total. The average molecular weight is 519 g/mol. The number of piperidine rings is 1. The van der Waals surface area contributed by atoms with Crippen LogP contribution in [0.3, 0.4) is 0 Å². The maximum absolute atomic E-state index is 13.6. The molecule has 4 rings (SSSR count). The summed E-state index contributed by atoms with van der Waals surface area (Å²) in [6.45, 7) is 7.33. The van der Waals surface area contributed by atoms with E-state index < -0.39 is 16.8 Å². The number of rotatable bonds is 6. The number of amides is 4. The van der Waals surface area contributed by atoms with Crippen molar-refractivity contribution < 1.29 is 14.4 Å². The molecule has 188 valence electrons. The van der Waals surface area contributed by atoms with E-state index in [2.05, 4.69) is 15.6 Å². The van der Waals surface area contributed by atoms with Gasteiger partial charge in [-0.15, -0.1) is 0 Å². The van der Waals surface area contributed by atoms with Gasteiger partial charge in [0.15, 0.2) is 0 Å². The monoisotopic (exact) mass is 518 g/mol. The highest BCUT2D eigenvalue weighted by atomic mass is 35.5. The molecule has 2 aliphatic heterocycles. The first-order valence-corrected chi connectivity index (χ1v) is 13.2. The Balaban J connectivity index is 1.38. The van der Waals surface area contributed by atoms with Gasteiger partial charge in [-0.05, 0) is 64.1 Å².